The topological polar surface area (TPSA) is 87.7 Å². The second kappa shape index (κ2) is 7.19. The average Bonchev–Trinajstić information content (AvgIpc) is 2.97. The van der Waals surface area contributed by atoms with E-state index in [0.717, 1.165) is 11.1 Å². The molecule has 1 aromatic rings. The molecule has 2 rings (SSSR count). The highest BCUT2D eigenvalue weighted by atomic mass is 32.2. The molecule has 0 spiro atoms. The van der Waals surface area contributed by atoms with E-state index in [2.05, 4.69) is 10.0 Å². The summed E-state index contributed by atoms with van der Waals surface area (Å²) in [6.45, 7) is 1.85. The van der Waals surface area contributed by atoms with E-state index in [9.17, 15) is 13.2 Å². The van der Waals surface area contributed by atoms with Crippen LogP contribution in [0, 0.1) is 0 Å². The van der Waals surface area contributed by atoms with Gasteiger partial charge in [0, 0.05) is 20.1 Å². The fourth-order valence-corrected chi connectivity index (χ4v) is 3.12. The first-order valence-electron chi connectivity index (χ1n) is 7.02. The molecule has 1 aliphatic rings. The lowest BCUT2D eigenvalue weighted by atomic mass is 10.1. The summed E-state index contributed by atoms with van der Waals surface area (Å²) in [5.41, 5.74) is 1.88. The standard InChI is InChI=1S/C14H21N3O4S/c1-15-5-6-17(2)14(18)8-16-22(19,20)13-4-3-11-9-21-10-12(11)7-13/h3-4,7,15-16H,5-6,8-10H2,1-2H3. The number of benzene rings is 1. The number of carbonyl (C=O) groups is 1. The molecule has 0 atom stereocenters. The van der Waals surface area contributed by atoms with Crippen LogP contribution in [0.5, 0.6) is 0 Å². The van der Waals surface area contributed by atoms with E-state index < -0.39 is 10.0 Å². The van der Waals surface area contributed by atoms with Gasteiger partial charge in [0.25, 0.3) is 0 Å². The Kier molecular flexibility index (Phi) is 5.52. The minimum Gasteiger partial charge on any atom is -0.372 e. The Morgan fingerprint density at radius 3 is 2.77 bits per heavy atom. The molecule has 0 fully saturated rings. The Hall–Kier alpha value is -1.48. The average molecular weight is 327 g/mol. The van der Waals surface area contributed by atoms with Crippen molar-refractivity contribution in [1.29, 1.82) is 0 Å². The van der Waals surface area contributed by atoms with Crippen molar-refractivity contribution in [2.24, 2.45) is 0 Å². The molecule has 0 saturated carbocycles. The van der Waals surface area contributed by atoms with Crippen LogP contribution in [0.4, 0.5) is 0 Å². The molecule has 1 aliphatic heterocycles. The number of sulfonamides is 1. The van der Waals surface area contributed by atoms with Crippen molar-refractivity contribution in [3.63, 3.8) is 0 Å². The molecule has 0 saturated heterocycles. The number of likely N-dealkylation sites (N-methyl/N-ethyl adjacent to an activating group) is 2. The highest BCUT2D eigenvalue weighted by molar-refractivity contribution is 7.89. The van der Waals surface area contributed by atoms with Gasteiger partial charge in [-0.2, -0.15) is 0 Å². The van der Waals surface area contributed by atoms with Gasteiger partial charge in [-0.1, -0.05) is 6.07 Å². The Morgan fingerprint density at radius 2 is 2.05 bits per heavy atom. The summed E-state index contributed by atoms with van der Waals surface area (Å²) in [5.74, 6) is -0.275. The quantitative estimate of drug-likeness (QED) is 0.716. The van der Waals surface area contributed by atoms with E-state index in [0.29, 0.717) is 26.3 Å². The van der Waals surface area contributed by atoms with Crippen LogP contribution in [0.2, 0.25) is 0 Å². The molecule has 1 amide bonds. The van der Waals surface area contributed by atoms with Crippen molar-refractivity contribution in [3.8, 4) is 0 Å². The molecule has 0 radical (unpaired) electrons. The summed E-state index contributed by atoms with van der Waals surface area (Å²) >= 11 is 0. The summed E-state index contributed by atoms with van der Waals surface area (Å²) in [7, 11) is -0.270. The smallest absolute Gasteiger partial charge is 0.241 e. The van der Waals surface area contributed by atoms with E-state index in [4.69, 9.17) is 4.74 Å². The number of ether oxygens (including phenoxy) is 1. The zero-order valence-electron chi connectivity index (χ0n) is 12.8. The maximum atomic E-state index is 12.2. The Balaban J connectivity index is 1.98. The van der Waals surface area contributed by atoms with Crippen LogP contribution in [0.15, 0.2) is 23.1 Å². The summed E-state index contributed by atoms with van der Waals surface area (Å²) < 4.78 is 32.1. The molecule has 0 aliphatic carbocycles. The van der Waals surface area contributed by atoms with Gasteiger partial charge in [-0.15, -0.1) is 0 Å². The van der Waals surface area contributed by atoms with Crippen molar-refractivity contribution in [1.82, 2.24) is 14.9 Å². The zero-order valence-corrected chi connectivity index (χ0v) is 13.6. The van der Waals surface area contributed by atoms with Crippen molar-refractivity contribution < 1.29 is 17.9 Å². The van der Waals surface area contributed by atoms with Crippen molar-refractivity contribution >= 4 is 15.9 Å². The van der Waals surface area contributed by atoms with Crippen LogP contribution in [0.25, 0.3) is 0 Å². The lowest BCUT2D eigenvalue weighted by Crippen LogP contribution is -2.40. The first-order chi connectivity index (χ1) is 10.4. The molecule has 7 nitrogen and oxygen atoms in total. The molecular formula is C14H21N3O4S. The molecule has 122 valence electrons. The first kappa shape index (κ1) is 16.9. The SMILES string of the molecule is CNCCN(C)C(=O)CNS(=O)(=O)c1ccc2c(c1)COC2. The molecule has 1 aromatic carbocycles. The van der Waals surface area contributed by atoms with Crippen LogP contribution in [-0.4, -0.2) is 53.0 Å². The van der Waals surface area contributed by atoms with Gasteiger partial charge in [0.15, 0.2) is 0 Å². The van der Waals surface area contributed by atoms with Crippen molar-refractivity contribution in [2.45, 2.75) is 18.1 Å². The third-order valence-corrected chi connectivity index (χ3v) is 4.94. The van der Waals surface area contributed by atoms with Gasteiger partial charge < -0.3 is 15.0 Å². The number of fused-ring (bicyclic) bond motifs is 1. The molecule has 2 N–H and O–H groups in total. The van der Waals surface area contributed by atoms with Crippen molar-refractivity contribution in [3.05, 3.63) is 29.3 Å². The van der Waals surface area contributed by atoms with Gasteiger partial charge in [0.2, 0.25) is 15.9 Å². The number of nitrogens with one attached hydrogen (secondary N) is 2. The maximum Gasteiger partial charge on any atom is 0.241 e. The fourth-order valence-electron chi connectivity index (χ4n) is 2.09. The van der Waals surface area contributed by atoms with E-state index in [-0.39, 0.29) is 17.3 Å². The maximum absolute atomic E-state index is 12.2. The molecular weight excluding hydrogens is 306 g/mol. The van der Waals surface area contributed by atoms with Crippen LogP contribution in [0.3, 0.4) is 0 Å². The number of rotatable bonds is 7. The van der Waals surface area contributed by atoms with E-state index >= 15 is 0 Å². The molecule has 0 unspecified atom stereocenters. The second-order valence-electron chi connectivity index (χ2n) is 5.17. The Bertz CT molecular complexity index is 645. The van der Waals surface area contributed by atoms with Gasteiger partial charge >= 0.3 is 0 Å². The van der Waals surface area contributed by atoms with Gasteiger partial charge in [-0.05, 0) is 30.3 Å². The van der Waals surface area contributed by atoms with Gasteiger partial charge in [-0.3, -0.25) is 4.79 Å². The first-order valence-corrected chi connectivity index (χ1v) is 8.50. The van der Waals surface area contributed by atoms with Crippen LogP contribution in [-0.2, 0) is 32.8 Å². The lowest BCUT2D eigenvalue weighted by Gasteiger charge is -2.17. The third kappa shape index (κ3) is 4.04. The Morgan fingerprint density at radius 1 is 1.32 bits per heavy atom. The molecule has 8 heteroatoms. The fraction of sp³-hybridized carbons (Fsp3) is 0.500. The molecule has 22 heavy (non-hydrogen) atoms. The van der Waals surface area contributed by atoms with Crippen molar-refractivity contribution in [2.75, 3.05) is 33.7 Å². The van der Waals surface area contributed by atoms with E-state index in [1.165, 1.54) is 11.0 Å². The van der Waals surface area contributed by atoms with Gasteiger partial charge in [-0.25, -0.2) is 13.1 Å². The zero-order chi connectivity index (χ0) is 16.2. The highest BCUT2D eigenvalue weighted by Crippen LogP contribution is 2.22. The summed E-state index contributed by atoms with van der Waals surface area (Å²) in [6, 6.07) is 4.88. The number of carbonyl (C=O) groups excluding carboxylic acids is 1. The summed E-state index contributed by atoms with van der Waals surface area (Å²) in [4.78, 5) is 13.5. The normalized spacial score (nSPS) is 13.9. The minimum absolute atomic E-state index is 0.155. The van der Waals surface area contributed by atoms with Crippen LogP contribution in [0.1, 0.15) is 11.1 Å². The van der Waals surface area contributed by atoms with E-state index in [1.54, 1.807) is 26.2 Å². The number of hydrogen-bond acceptors (Lipinski definition) is 5. The molecule has 0 bridgehead atoms. The third-order valence-electron chi connectivity index (χ3n) is 3.54. The number of hydrogen-bond donors (Lipinski definition) is 2. The minimum atomic E-state index is -3.70. The molecule has 0 aromatic heterocycles. The lowest BCUT2D eigenvalue weighted by molar-refractivity contribution is -0.128. The number of amides is 1. The van der Waals surface area contributed by atoms with Gasteiger partial charge in [0.1, 0.15) is 0 Å². The van der Waals surface area contributed by atoms with Crippen LogP contribution < -0.4 is 10.0 Å². The summed E-state index contributed by atoms with van der Waals surface area (Å²) in [5, 5.41) is 2.93. The molecule has 1 heterocycles. The Labute approximate surface area is 130 Å². The second-order valence-corrected chi connectivity index (χ2v) is 6.93. The monoisotopic (exact) mass is 327 g/mol. The number of nitrogens with zero attached hydrogens (tertiary/aromatic N) is 1. The predicted octanol–water partition coefficient (Wildman–Crippen LogP) is -0.327. The highest BCUT2D eigenvalue weighted by Gasteiger charge is 2.20. The van der Waals surface area contributed by atoms with E-state index in [1.807, 2.05) is 0 Å². The predicted molar refractivity (Wildman–Crippen MR) is 81.7 cm³/mol. The van der Waals surface area contributed by atoms with Gasteiger partial charge in [0.05, 0.1) is 24.7 Å². The van der Waals surface area contributed by atoms with Crippen LogP contribution >= 0.6 is 0 Å². The largest absolute Gasteiger partial charge is 0.372 e. The summed E-state index contributed by atoms with van der Waals surface area (Å²) in [6.07, 6.45) is 0.